The molecule has 14 heteroatoms. The number of carbonyl (C=O) groups excluding carboxylic acids is 1. The maximum Gasteiger partial charge on any atom is 0.451 e. The first-order chi connectivity index (χ1) is 18.8. The molecule has 1 saturated heterocycles. The molecule has 2 N–H and O–H groups in total. The van der Waals surface area contributed by atoms with E-state index in [2.05, 4.69) is 40.2 Å². The molecule has 5 heterocycles. The van der Waals surface area contributed by atoms with Gasteiger partial charge in [0.1, 0.15) is 17.7 Å². The molecule has 4 aromatic heterocycles. The number of nitrogens with one attached hydrogen (secondary N) is 2. The lowest BCUT2D eigenvalue weighted by Crippen LogP contribution is -2.55. The number of amides is 1. The number of halogens is 3. The molecule has 0 bridgehead atoms. The van der Waals surface area contributed by atoms with E-state index >= 15 is 0 Å². The second kappa shape index (κ2) is 10.0. The van der Waals surface area contributed by atoms with Gasteiger partial charge in [-0.3, -0.25) is 14.4 Å². The van der Waals surface area contributed by atoms with E-state index in [0.717, 1.165) is 35.1 Å². The van der Waals surface area contributed by atoms with E-state index in [9.17, 15) is 18.0 Å². The van der Waals surface area contributed by atoms with Crippen LogP contribution in [0.4, 0.5) is 13.2 Å². The molecular weight excluding hydrogens is 513 g/mol. The van der Waals surface area contributed by atoms with Crippen molar-refractivity contribution in [1.29, 1.82) is 0 Å². The van der Waals surface area contributed by atoms with Crippen molar-refractivity contribution in [1.82, 2.24) is 49.8 Å². The Bertz CT molecular complexity index is 1480. The molecule has 0 aromatic carbocycles. The van der Waals surface area contributed by atoms with Crippen LogP contribution in [-0.4, -0.2) is 89.7 Å². The van der Waals surface area contributed by atoms with E-state index in [-0.39, 0.29) is 24.0 Å². The summed E-state index contributed by atoms with van der Waals surface area (Å²) in [5.41, 5.74) is 2.46. The molecule has 0 unspecified atom stereocenters. The monoisotopic (exact) mass is 540 g/mol. The van der Waals surface area contributed by atoms with Gasteiger partial charge in [-0.05, 0) is 32.0 Å². The third-order valence-electron chi connectivity index (χ3n) is 7.42. The minimum atomic E-state index is -4.73. The van der Waals surface area contributed by atoms with E-state index in [1.54, 1.807) is 11.9 Å². The van der Waals surface area contributed by atoms with Gasteiger partial charge >= 0.3 is 6.18 Å². The Hall–Kier alpha value is -3.91. The van der Waals surface area contributed by atoms with Gasteiger partial charge in [-0.2, -0.15) is 18.3 Å². The zero-order chi connectivity index (χ0) is 27.1. The summed E-state index contributed by atoms with van der Waals surface area (Å²) < 4.78 is 41.8. The van der Waals surface area contributed by atoms with Crippen molar-refractivity contribution in [3.63, 3.8) is 0 Å². The van der Waals surface area contributed by atoms with Crippen LogP contribution in [0.25, 0.3) is 22.3 Å². The molecule has 4 aromatic rings. The van der Waals surface area contributed by atoms with Crippen LogP contribution in [-0.2, 0) is 12.7 Å². The summed E-state index contributed by atoms with van der Waals surface area (Å²) in [6.45, 7) is 2.27. The van der Waals surface area contributed by atoms with Gasteiger partial charge in [0.05, 0.1) is 23.6 Å². The summed E-state index contributed by atoms with van der Waals surface area (Å²) >= 11 is 0. The summed E-state index contributed by atoms with van der Waals surface area (Å²) in [6.07, 6.45) is 4.37. The smallest absolute Gasteiger partial charge is 0.346 e. The topological polar surface area (TPSA) is 121 Å². The molecule has 204 valence electrons. The van der Waals surface area contributed by atoms with Crippen LogP contribution < -0.4 is 5.32 Å². The summed E-state index contributed by atoms with van der Waals surface area (Å²) in [4.78, 5) is 35.8. The molecule has 0 radical (unpaired) electrons. The van der Waals surface area contributed by atoms with Crippen molar-refractivity contribution in [2.45, 2.75) is 37.6 Å². The Labute approximate surface area is 221 Å². The minimum Gasteiger partial charge on any atom is -0.346 e. The highest BCUT2D eigenvalue weighted by Crippen LogP contribution is 2.37. The fourth-order valence-corrected chi connectivity index (χ4v) is 5.29. The van der Waals surface area contributed by atoms with Crippen molar-refractivity contribution in [3.05, 3.63) is 54.3 Å². The third kappa shape index (κ3) is 4.96. The second-order valence-corrected chi connectivity index (χ2v) is 9.87. The highest BCUT2D eigenvalue weighted by molar-refractivity contribution is 5.92. The number of aromatic nitrogens is 7. The number of hydrogen-bond donors (Lipinski definition) is 2. The lowest BCUT2D eigenvalue weighted by Gasteiger charge is -2.46. The SMILES string of the molecule is CNCc1cc(C(=O)N2CCN(C3CC(n4cc(-c5ncnc6[nH]ccc56)cn4)C3)CC2)nc(C(F)(F)F)n1. The van der Waals surface area contributed by atoms with E-state index in [4.69, 9.17) is 0 Å². The van der Waals surface area contributed by atoms with E-state index in [1.165, 1.54) is 12.4 Å². The minimum absolute atomic E-state index is 0.107. The maximum absolute atomic E-state index is 13.3. The van der Waals surface area contributed by atoms with Gasteiger partial charge in [-0.15, -0.1) is 0 Å². The first-order valence-electron chi connectivity index (χ1n) is 12.8. The van der Waals surface area contributed by atoms with Crippen LogP contribution in [0.3, 0.4) is 0 Å². The molecule has 0 spiro atoms. The molecule has 1 amide bonds. The lowest BCUT2D eigenvalue weighted by molar-refractivity contribution is -0.145. The average Bonchev–Trinajstić information content (AvgIpc) is 3.57. The molecule has 11 nitrogen and oxygen atoms in total. The average molecular weight is 541 g/mol. The van der Waals surface area contributed by atoms with Crippen LogP contribution in [0.2, 0.25) is 0 Å². The molecule has 2 aliphatic rings. The first-order valence-corrected chi connectivity index (χ1v) is 12.8. The van der Waals surface area contributed by atoms with Crippen molar-refractivity contribution in [3.8, 4) is 11.3 Å². The molecule has 6 rings (SSSR count). The van der Waals surface area contributed by atoms with Crippen molar-refractivity contribution in [2.24, 2.45) is 0 Å². The number of aromatic amines is 1. The van der Waals surface area contributed by atoms with Crippen LogP contribution in [0.1, 0.15) is 40.9 Å². The molecular formula is C25H27F3N10O. The fraction of sp³-hybridized carbons (Fsp3) is 0.440. The van der Waals surface area contributed by atoms with E-state index in [1.807, 2.05) is 29.3 Å². The Morgan fingerprint density at radius 2 is 1.92 bits per heavy atom. The summed E-state index contributed by atoms with van der Waals surface area (Å²) in [7, 11) is 1.60. The number of carbonyl (C=O) groups is 1. The Kier molecular flexibility index (Phi) is 6.51. The van der Waals surface area contributed by atoms with Gasteiger partial charge in [-0.1, -0.05) is 0 Å². The Balaban J connectivity index is 1.05. The predicted octanol–water partition coefficient (Wildman–Crippen LogP) is 2.51. The van der Waals surface area contributed by atoms with Gasteiger partial charge in [0.2, 0.25) is 5.82 Å². The van der Waals surface area contributed by atoms with Crippen LogP contribution in [0.5, 0.6) is 0 Å². The van der Waals surface area contributed by atoms with Gasteiger partial charge in [0, 0.05) is 62.1 Å². The molecule has 1 saturated carbocycles. The summed E-state index contributed by atoms with van der Waals surface area (Å²) in [5, 5.41) is 8.29. The number of alkyl halides is 3. The molecule has 0 atom stereocenters. The van der Waals surface area contributed by atoms with Crippen molar-refractivity contribution < 1.29 is 18.0 Å². The zero-order valence-electron chi connectivity index (χ0n) is 21.2. The van der Waals surface area contributed by atoms with Crippen LogP contribution in [0.15, 0.2) is 37.1 Å². The quantitative estimate of drug-likeness (QED) is 0.383. The molecule has 1 aliphatic heterocycles. The van der Waals surface area contributed by atoms with Crippen LogP contribution >= 0.6 is 0 Å². The van der Waals surface area contributed by atoms with E-state index in [0.29, 0.717) is 32.2 Å². The molecule has 39 heavy (non-hydrogen) atoms. The third-order valence-corrected chi connectivity index (χ3v) is 7.42. The summed E-state index contributed by atoms with van der Waals surface area (Å²) in [6, 6.07) is 3.93. The number of piperazine rings is 1. The summed E-state index contributed by atoms with van der Waals surface area (Å²) in [5.74, 6) is -1.80. The van der Waals surface area contributed by atoms with Gasteiger partial charge in [0.15, 0.2) is 0 Å². The maximum atomic E-state index is 13.3. The van der Waals surface area contributed by atoms with E-state index < -0.39 is 17.9 Å². The molecule has 2 fully saturated rings. The number of rotatable bonds is 6. The second-order valence-electron chi connectivity index (χ2n) is 9.87. The number of nitrogens with zero attached hydrogens (tertiary/aromatic N) is 8. The predicted molar refractivity (Wildman–Crippen MR) is 134 cm³/mol. The fourth-order valence-electron chi connectivity index (χ4n) is 5.29. The van der Waals surface area contributed by atoms with Gasteiger partial charge in [0.25, 0.3) is 5.91 Å². The Morgan fingerprint density at radius 1 is 1.13 bits per heavy atom. The van der Waals surface area contributed by atoms with Crippen molar-refractivity contribution in [2.75, 3.05) is 33.2 Å². The number of fused-ring (bicyclic) bond motifs is 1. The molecule has 1 aliphatic carbocycles. The zero-order valence-corrected chi connectivity index (χ0v) is 21.2. The number of H-pyrrole nitrogens is 1. The van der Waals surface area contributed by atoms with Crippen LogP contribution in [0, 0.1) is 0 Å². The number of hydrogen-bond acceptors (Lipinski definition) is 8. The standard InChI is InChI=1S/C25H27F3N10O/c1-29-12-16-8-20(35-24(34-16)25(26,27)28)23(39)37-6-4-36(5-7-37)17-9-18(10-17)38-13-15(11-33-38)21-19-2-3-30-22(19)32-14-31-21/h2-3,8,11,13-14,17-18,29H,4-7,9-10,12H2,1H3,(H,30,31,32). The van der Waals surface area contributed by atoms with Gasteiger partial charge < -0.3 is 15.2 Å². The lowest BCUT2D eigenvalue weighted by atomic mass is 9.85. The first kappa shape index (κ1) is 25.4. The normalized spacial score (nSPS) is 20.4. The van der Waals surface area contributed by atoms with Gasteiger partial charge in [-0.25, -0.2) is 19.9 Å². The highest BCUT2D eigenvalue weighted by Gasteiger charge is 2.39. The Morgan fingerprint density at radius 3 is 2.67 bits per heavy atom. The highest BCUT2D eigenvalue weighted by atomic mass is 19.4. The van der Waals surface area contributed by atoms with Crippen molar-refractivity contribution >= 4 is 16.9 Å². The largest absolute Gasteiger partial charge is 0.451 e.